The van der Waals surface area contributed by atoms with Gasteiger partial charge in [-0.1, -0.05) is 369 Å². The van der Waals surface area contributed by atoms with Crippen LogP contribution >= 0.6 is 15.6 Å². The number of aliphatic hydroxyl groups is 1. The van der Waals surface area contributed by atoms with Crippen molar-refractivity contribution in [2.45, 2.75) is 438 Å². The van der Waals surface area contributed by atoms with E-state index in [0.29, 0.717) is 25.7 Å². The van der Waals surface area contributed by atoms with E-state index in [4.69, 9.17) is 37.0 Å². The number of carbonyl (C=O) groups excluding carboxylic acids is 4. The molecule has 0 spiro atoms. The van der Waals surface area contributed by atoms with Gasteiger partial charge >= 0.3 is 39.5 Å². The van der Waals surface area contributed by atoms with Crippen molar-refractivity contribution in [2.24, 2.45) is 5.92 Å². The van der Waals surface area contributed by atoms with Crippen LogP contribution in [0, 0.1) is 5.92 Å². The summed E-state index contributed by atoms with van der Waals surface area (Å²) in [7, 11) is -9.92. The van der Waals surface area contributed by atoms with E-state index in [0.717, 1.165) is 95.8 Å². The van der Waals surface area contributed by atoms with Crippen LogP contribution in [0.5, 0.6) is 0 Å². The van der Waals surface area contributed by atoms with Crippen LogP contribution in [-0.4, -0.2) is 96.7 Å². The first-order chi connectivity index (χ1) is 47.5. The van der Waals surface area contributed by atoms with E-state index in [9.17, 15) is 43.2 Å². The van der Waals surface area contributed by atoms with E-state index >= 15 is 0 Å². The Morgan fingerprint density at radius 2 is 0.469 bits per heavy atom. The normalized spacial score (nSPS) is 13.9. The van der Waals surface area contributed by atoms with Crippen LogP contribution in [0.15, 0.2) is 0 Å². The predicted octanol–water partition coefficient (Wildman–Crippen LogP) is 23.6. The minimum absolute atomic E-state index is 0.108. The molecule has 0 saturated heterocycles. The number of carbonyl (C=O) groups is 4. The van der Waals surface area contributed by atoms with Crippen LogP contribution in [0.3, 0.4) is 0 Å². The lowest BCUT2D eigenvalue weighted by atomic mass is 10.0. The molecule has 5 atom stereocenters. The topological polar surface area (TPSA) is 237 Å². The summed E-state index contributed by atoms with van der Waals surface area (Å²) in [5.41, 5.74) is 0. The Balaban J connectivity index is 5.27. The second kappa shape index (κ2) is 72.0. The molecule has 0 saturated carbocycles. The lowest BCUT2D eigenvalue weighted by Gasteiger charge is -2.21. The number of aliphatic hydroxyl groups excluding tert-OH is 1. The molecular weight excluding hydrogens is 1280 g/mol. The van der Waals surface area contributed by atoms with E-state index in [2.05, 4.69) is 34.6 Å². The first kappa shape index (κ1) is 96.1. The zero-order valence-corrected chi connectivity index (χ0v) is 65.7. The zero-order chi connectivity index (χ0) is 71.9. The average Bonchev–Trinajstić information content (AvgIpc) is 1.08. The van der Waals surface area contributed by atoms with Crippen molar-refractivity contribution in [3.05, 3.63) is 0 Å². The summed E-state index contributed by atoms with van der Waals surface area (Å²) in [5, 5.41) is 10.6. The molecule has 0 aliphatic carbocycles. The molecule has 0 heterocycles. The number of unbranched alkanes of at least 4 members (excludes halogenated alkanes) is 51. The highest BCUT2D eigenvalue weighted by molar-refractivity contribution is 7.47. The molecule has 0 aromatic rings. The summed E-state index contributed by atoms with van der Waals surface area (Å²) < 4.78 is 68.7. The second-order valence-electron chi connectivity index (χ2n) is 28.9. The molecule has 0 bridgehead atoms. The van der Waals surface area contributed by atoms with E-state index in [-0.39, 0.29) is 25.7 Å². The maximum Gasteiger partial charge on any atom is 0.472 e. The molecule has 3 N–H and O–H groups in total. The van der Waals surface area contributed by atoms with Crippen LogP contribution in [0.25, 0.3) is 0 Å². The third-order valence-electron chi connectivity index (χ3n) is 18.5. The van der Waals surface area contributed by atoms with Gasteiger partial charge in [-0.05, 0) is 31.6 Å². The molecule has 0 fully saturated rings. The van der Waals surface area contributed by atoms with Gasteiger partial charge < -0.3 is 33.8 Å². The maximum atomic E-state index is 13.1. The van der Waals surface area contributed by atoms with Gasteiger partial charge in [0, 0.05) is 25.7 Å². The minimum atomic E-state index is -4.96. The summed E-state index contributed by atoms with van der Waals surface area (Å²) >= 11 is 0. The number of rotatable bonds is 79. The smallest absolute Gasteiger partial charge is 0.462 e. The number of hydrogen-bond donors (Lipinski definition) is 3. The Hall–Kier alpha value is -1.94. The van der Waals surface area contributed by atoms with Gasteiger partial charge in [-0.3, -0.25) is 37.3 Å². The summed E-state index contributed by atoms with van der Waals surface area (Å²) in [6, 6.07) is 0. The van der Waals surface area contributed by atoms with Gasteiger partial charge in [0.2, 0.25) is 0 Å². The molecule has 0 amide bonds. The molecule has 17 nitrogen and oxygen atoms in total. The van der Waals surface area contributed by atoms with Gasteiger partial charge in [-0.2, -0.15) is 0 Å². The molecule has 0 rings (SSSR count). The lowest BCUT2D eigenvalue weighted by Crippen LogP contribution is -2.30. The van der Waals surface area contributed by atoms with E-state index in [1.807, 2.05) is 0 Å². The van der Waals surface area contributed by atoms with Crippen molar-refractivity contribution in [2.75, 3.05) is 39.6 Å². The molecule has 0 aliphatic heterocycles. The standard InChI is InChI=1S/C79H154O17P2/c1-6-9-12-15-18-21-24-27-29-34-38-43-48-53-58-63-77(82)90-69-75(96-79(84)65-60-55-50-45-40-35-30-32-36-41-46-51-56-61-72(4)5)71-94-98(87,88)92-67-73(80)66-91-97(85,86)93-70-74(68-89-76(81)62-57-52-47-42-37-31-26-23-20-17-14-11-8-3)95-78(83)64-59-54-49-44-39-33-28-25-22-19-16-13-10-7-2/h72-75,80H,6-71H2,1-5H3,(H,85,86)(H,87,88)/t73-,74+,75+/m0/s1. The first-order valence-corrected chi connectivity index (χ1v) is 44.1. The molecule has 98 heavy (non-hydrogen) atoms. The fourth-order valence-corrected chi connectivity index (χ4v) is 13.8. The SMILES string of the molecule is CCCCCCCCCCCCCCCCCC(=O)OC[C@H](COP(=O)(O)OC[C@@H](O)COP(=O)(O)OC[C@@H](COC(=O)CCCCCCCCCCCCCCC)OC(=O)CCCCCCCCCCCCCCCC)OC(=O)CCCCCCCCCCCCCCCC(C)C. The summed E-state index contributed by atoms with van der Waals surface area (Å²) in [6.07, 6.45) is 62.2. The highest BCUT2D eigenvalue weighted by Gasteiger charge is 2.30. The maximum absolute atomic E-state index is 13.1. The summed E-state index contributed by atoms with van der Waals surface area (Å²) in [4.78, 5) is 73.0. The van der Waals surface area contributed by atoms with Crippen molar-refractivity contribution >= 4 is 39.5 Å². The highest BCUT2D eigenvalue weighted by atomic mass is 31.2. The second-order valence-corrected chi connectivity index (χ2v) is 31.8. The van der Waals surface area contributed by atoms with Crippen molar-refractivity contribution in [3.8, 4) is 0 Å². The van der Waals surface area contributed by atoms with Crippen molar-refractivity contribution < 1.29 is 80.2 Å². The molecular formula is C79H154O17P2. The third kappa shape index (κ3) is 72.4. The van der Waals surface area contributed by atoms with E-state index < -0.39 is 97.5 Å². The Labute approximate surface area is 600 Å². The lowest BCUT2D eigenvalue weighted by molar-refractivity contribution is -0.161. The molecule has 0 aromatic carbocycles. The largest absolute Gasteiger partial charge is 0.472 e. The van der Waals surface area contributed by atoms with Crippen LogP contribution in [0.4, 0.5) is 0 Å². The fourth-order valence-electron chi connectivity index (χ4n) is 12.2. The quantitative estimate of drug-likeness (QED) is 0.0222. The van der Waals surface area contributed by atoms with Gasteiger partial charge in [0.05, 0.1) is 26.4 Å². The number of esters is 4. The number of hydrogen-bond acceptors (Lipinski definition) is 15. The van der Waals surface area contributed by atoms with Gasteiger partial charge in [0.1, 0.15) is 19.3 Å². The predicted molar refractivity (Wildman–Crippen MR) is 400 cm³/mol. The summed E-state index contributed by atoms with van der Waals surface area (Å²) in [5.74, 6) is -1.32. The Kier molecular flexibility index (Phi) is 70.6. The van der Waals surface area contributed by atoms with Crippen molar-refractivity contribution in [1.29, 1.82) is 0 Å². The highest BCUT2D eigenvalue weighted by Crippen LogP contribution is 2.45. The molecule has 0 aromatic heterocycles. The fraction of sp³-hybridized carbons (Fsp3) is 0.949. The van der Waals surface area contributed by atoms with Gasteiger partial charge in [-0.15, -0.1) is 0 Å². The van der Waals surface area contributed by atoms with E-state index in [1.54, 1.807) is 0 Å². The van der Waals surface area contributed by atoms with Crippen LogP contribution in [0.1, 0.15) is 420 Å². The van der Waals surface area contributed by atoms with Crippen molar-refractivity contribution in [1.82, 2.24) is 0 Å². The summed E-state index contributed by atoms with van der Waals surface area (Å²) in [6.45, 7) is 7.35. The molecule has 2 unspecified atom stereocenters. The van der Waals surface area contributed by atoms with Crippen LogP contribution in [0.2, 0.25) is 0 Å². The van der Waals surface area contributed by atoms with Crippen molar-refractivity contribution in [3.63, 3.8) is 0 Å². The average molecular weight is 1440 g/mol. The molecule has 0 radical (unpaired) electrons. The molecule has 19 heteroatoms. The number of ether oxygens (including phenoxy) is 4. The van der Waals surface area contributed by atoms with Crippen LogP contribution < -0.4 is 0 Å². The Morgan fingerprint density at radius 1 is 0.276 bits per heavy atom. The van der Waals surface area contributed by atoms with Gasteiger partial charge in [0.25, 0.3) is 0 Å². The monoisotopic (exact) mass is 1440 g/mol. The minimum Gasteiger partial charge on any atom is -0.462 e. The van der Waals surface area contributed by atoms with Gasteiger partial charge in [-0.25, -0.2) is 9.13 Å². The van der Waals surface area contributed by atoms with Gasteiger partial charge in [0.15, 0.2) is 12.2 Å². The zero-order valence-electron chi connectivity index (χ0n) is 63.9. The Bertz CT molecular complexity index is 1870. The Morgan fingerprint density at radius 3 is 0.694 bits per heavy atom. The third-order valence-corrected chi connectivity index (χ3v) is 20.4. The molecule has 582 valence electrons. The number of phosphoric ester groups is 2. The van der Waals surface area contributed by atoms with E-state index in [1.165, 1.54) is 244 Å². The first-order valence-electron chi connectivity index (χ1n) is 41.1. The molecule has 0 aliphatic rings. The van der Waals surface area contributed by atoms with Crippen LogP contribution in [-0.2, 0) is 65.4 Å². The number of phosphoric acid groups is 2.